The first-order valence-electron chi connectivity index (χ1n) is 7.42. The van der Waals surface area contributed by atoms with Gasteiger partial charge in [0.05, 0.1) is 0 Å². The lowest BCUT2D eigenvalue weighted by Gasteiger charge is -2.30. The lowest BCUT2D eigenvalue weighted by atomic mass is 9.85. The van der Waals surface area contributed by atoms with E-state index in [1.54, 1.807) is 0 Å². The van der Waals surface area contributed by atoms with Gasteiger partial charge < -0.3 is 10.6 Å². The summed E-state index contributed by atoms with van der Waals surface area (Å²) in [7, 11) is 0. The molecule has 1 aliphatic heterocycles. The number of hydrogen-bond donors (Lipinski definition) is 1. The predicted molar refractivity (Wildman–Crippen MR) is 82.1 cm³/mol. The lowest BCUT2D eigenvalue weighted by molar-refractivity contribution is 0.210. The van der Waals surface area contributed by atoms with Crippen molar-refractivity contribution < 1.29 is 0 Å². The standard InChI is InChI=1S/C15H30N2S/c1-14(2)6-5-12(13(14)16)11-17-8-7-15(3,4)18-10-9-17/h12-13H,5-11,16H2,1-4H3. The molecule has 2 unspecified atom stereocenters. The third kappa shape index (κ3) is 3.43. The molecule has 1 saturated carbocycles. The number of rotatable bonds is 2. The maximum absolute atomic E-state index is 6.43. The molecule has 2 N–H and O–H groups in total. The van der Waals surface area contributed by atoms with E-state index in [4.69, 9.17) is 5.73 Å². The first-order valence-corrected chi connectivity index (χ1v) is 8.41. The highest BCUT2D eigenvalue weighted by molar-refractivity contribution is 8.00. The summed E-state index contributed by atoms with van der Waals surface area (Å²) in [4.78, 5) is 2.66. The minimum absolute atomic E-state index is 0.352. The molecule has 2 nitrogen and oxygen atoms in total. The van der Waals surface area contributed by atoms with Crippen molar-refractivity contribution in [3.05, 3.63) is 0 Å². The first-order chi connectivity index (χ1) is 8.30. The number of nitrogens with zero attached hydrogens (tertiary/aromatic N) is 1. The van der Waals surface area contributed by atoms with Gasteiger partial charge in [-0.1, -0.05) is 27.7 Å². The van der Waals surface area contributed by atoms with Crippen molar-refractivity contribution in [1.82, 2.24) is 4.90 Å². The van der Waals surface area contributed by atoms with E-state index in [-0.39, 0.29) is 0 Å². The number of hydrogen-bond acceptors (Lipinski definition) is 3. The molecule has 0 aromatic heterocycles. The van der Waals surface area contributed by atoms with Crippen LogP contribution in [0.5, 0.6) is 0 Å². The molecule has 0 aromatic carbocycles. The van der Waals surface area contributed by atoms with E-state index in [1.165, 1.54) is 44.6 Å². The highest BCUT2D eigenvalue weighted by Gasteiger charge is 2.40. The molecule has 18 heavy (non-hydrogen) atoms. The Kier molecular flexibility index (Phi) is 4.35. The molecule has 0 amide bonds. The third-order valence-corrected chi connectivity index (χ3v) is 6.37. The lowest BCUT2D eigenvalue weighted by Crippen LogP contribution is -2.42. The van der Waals surface area contributed by atoms with Gasteiger partial charge in [-0.05, 0) is 37.1 Å². The Bertz CT molecular complexity index is 288. The van der Waals surface area contributed by atoms with Crippen molar-refractivity contribution in [2.24, 2.45) is 17.1 Å². The van der Waals surface area contributed by atoms with Crippen LogP contribution >= 0.6 is 11.8 Å². The Balaban J connectivity index is 1.87. The molecule has 1 aliphatic carbocycles. The van der Waals surface area contributed by atoms with Gasteiger partial charge in [0.1, 0.15) is 0 Å². The van der Waals surface area contributed by atoms with E-state index in [2.05, 4.69) is 44.4 Å². The summed E-state index contributed by atoms with van der Waals surface area (Å²) < 4.78 is 0.464. The maximum atomic E-state index is 6.43. The summed E-state index contributed by atoms with van der Waals surface area (Å²) in [5.74, 6) is 1.99. The molecule has 2 atom stereocenters. The minimum Gasteiger partial charge on any atom is -0.327 e. The van der Waals surface area contributed by atoms with Gasteiger partial charge in [-0.15, -0.1) is 0 Å². The third-order valence-electron chi connectivity index (χ3n) is 4.99. The Morgan fingerprint density at radius 2 is 1.89 bits per heavy atom. The van der Waals surface area contributed by atoms with Crippen molar-refractivity contribution >= 4 is 11.8 Å². The SMILES string of the molecule is CC1(C)CCN(CC2CCC(C)(C)C2N)CCS1. The van der Waals surface area contributed by atoms with Crippen LogP contribution in [0.2, 0.25) is 0 Å². The van der Waals surface area contributed by atoms with Crippen molar-refractivity contribution in [2.45, 2.75) is 57.7 Å². The Hall–Kier alpha value is 0.270. The molecule has 0 aromatic rings. The largest absolute Gasteiger partial charge is 0.327 e. The summed E-state index contributed by atoms with van der Waals surface area (Å²) in [5.41, 5.74) is 6.79. The average Bonchev–Trinajstić information content (AvgIpc) is 2.45. The second kappa shape index (κ2) is 5.34. The van der Waals surface area contributed by atoms with Crippen LogP contribution in [0.3, 0.4) is 0 Å². The Morgan fingerprint density at radius 1 is 1.17 bits per heavy atom. The van der Waals surface area contributed by atoms with Gasteiger partial charge in [0.25, 0.3) is 0 Å². The second-order valence-corrected chi connectivity index (χ2v) is 9.27. The topological polar surface area (TPSA) is 29.3 Å². The van der Waals surface area contributed by atoms with Crippen molar-refractivity contribution in [1.29, 1.82) is 0 Å². The molecule has 2 fully saturated rings. The second-order valence-electron chi connectivity index (χ2n) is 7.47. The number of nitrogens with two attached hydrogens (primary N) is 1. The molecule has 1 heterocycles. The monoisotopic (exact) mass is 270 g/mol. The molecule has 0 bridgehead atoms. The van der Waals surface area contributed by atoms with Gasteiger partial charge in [-0.25, -0.2) is 0 Å². The van der Waals surface area contributed by atoms with Crippen LogP contribution in [0.1, 0.15) is 47.0 Å². The van der Waals surface area contributed by atoms with E-state index in [9.17, 15) is 0 Å². The van der Waals surface area contributed by atoms with Crippen LogP contribution in [-0.4, -0.2) is 41.1 Å². The van der Waals surface area contributed by atoms with Crippen LogP contribution in [0.4, 0.5) is 0 Å². The molecule has 106 valence electrons. The molecule has 0 spiro atoms. The minimum atomic E-state index is 0.352. The van der Waals surface area contributed by atoms with Gasteiger partial charge >= 0.3 is 0 Å². The Labute approximate surface area is 117 Å². The Morgan fingerprint density at radius 3 is 2.50 bits per heavy atom. The van der Waals surface area contributed by atoms with Crippen LogP contribution < -0.4 is 5.73 Å². The fraction of sp³-hybridized carbons (Fsp3) is 1.00. The maximum Gasteiger partial charge on any atom is 0.0131 e. The molecule has 3 heteroatoms. The van der Waals surface area contributed by atoms with Gasteiger partial charge in [-0.2, -0.15) is 11.8 Å². The molecule has 2 aliphatic rings. The van der Waals surface area contributed by atoms with E-state index >= 15 is 0 Å². The van der Waals surface area contributed by atoms with Gasteiger partial charge in [0.15, 0.2) is 0 Å². The number of thioether (sulfide) groups is 1. The zero-order valence-electron chi connectivity index (χ0n) is 12.5. The summed E-state index contributed by atoms with van der Waals surface area (Å²) in [6, 6.07) is 0.390. The van der Waals surface area contributed by atoms with E-state index in [1.807, 2.05) is 0 Å². The molecular weight excluding hydrogens is 240 g/mol. The van der Waals surface area contributed by atoms with Gasteiger partial charge in [-0.3, -0.25) is 0 Å². The van der Waals surface area contributed by atoms with Crippen molar-refractivity contribution in [3.63, 3.8) is 0 Å². The fourth-order valence-electron chi connectivity index (χ4n) is 3.32. The van der Waals surface area contributed by atoms with Crippen LogP contribution in [0.15, 0.2) is 0 Å². The smallest absolute Gasteiger partial charge is 0.0131 e. The molecule has 1 saturated heterocycles. The zero-order chi connectivity index (χ0) is 13.4. The highest BCUT2D eigenvalue weighted by Crippen LogP contribution is 2.40. The normalized spacial score (nSPS) is 36.5. The van der Waals surface area contributed by atoms with Gasteiger partial charge in [0, 0.05) is 29.6 Å². The first kappa shape index (κ1) is 14.7. The zero-order valence-corrected chi connectivity index (χ0v) is 13.4. The van der Waals surface area contributed by atoms with Crippen molar-refractivity contribution in [3.8, 4) is 0 Å². The molecule has 0 radical (unpaired) electrons. The van der Waals surface area contributed by atoms with Crippen LogP contribution in [-0.2, 0) is 0 Å². The van der Waals surface area contributed by atoms with E-state index < -0.39 is 0 Å². The summed E-state index contributed by atoms with van der Waals surface area (Å²) >= 11 is 2.13. The van der Waals surface area contributed by atoms with E-state index in [0.29, 0.717) is 22.1 Å². The van der Waals surface area contributed by atoms with Crippen molar-refractivity contribution in [2.75, 3.05) is 25.4 Å². The summed E-state index contributed by atoms with van der Waals surface area (Å²) in [6.07, 6.45) is 3.93. The van der Waals surface area contributed by atoms with Gasteiger partial charge in [0.2, 0.25) is 0 Å². The molecular formula is C15H30N2S. The summed E-state index contributed by atoms with van der Waals surface area (Å²) in [6.45, 7) is 13.2. The summed E-state index contributed by atoms with van der Waals surface area (Å²) in [5, 5.41) is 0. The molecule has 2 rings (SSSR count). The predicted octanol–water partition coefficient (Wildman–Crippen LogP) is 2.97. The highest BCUT2D eigenvalue weighted by atomic mass is 32.2. The fourth-order valence-corrected chi connectivity index (χ4v) is 4.46. The quantitative estimate of drug-likeness (QED) is 0.836. The average molecular weight is 270 g/mol. The van der Waals surface area contributed by atoms with Crippen LogP contribution in [0, 0.1) is 11.3 Å². The van der Waals surface area contributed by atoms with Crippen LogP contribution in [0.25, 0.3) is 0 Å². The van der Waals surface area contributed by atoms with E-state index in [0.717, 1.165) is 0 Å².